The van der Waals surface area contributed by atoms with Gasteiger partial charge in [-0.15, -0.1) is 0 Å². The minimum Gasteiger partial charge on any atom is -0.241 e. The summed E-state index contributed by atoms with van der Waals surface area (Å²) in [6, 6.07) is 1.84. The summed E-state index contributed by atoms with van der Waals surface area (Å²) < 4.78 is 0. The van der Waals surface area contributed by atoms with Gasteiger partial charge in [-0.25, -0.2) is 9.97 Å². The van der Waals surface area contributed by atoms with Crippen LogP contribution in [0.4, 0.5) is 0 Å². The number of alkyl halides is 1. The molecule has 1 aromatic rings. The molecule has 0 saturated carbocycles. The van der Waals surface area contributed by atoms with Crippen molar-refractivity contribution < 1.29 is 0 Å². The van der Waals surface area contributed by atoms with Crippen LogP contribution in [0.15, 0.2) is 18.5 Å². The van der Waals surface area contributed by atoms with Crippen molar-refractivity contribution >= 4 is 15.9 Å². The minimum atomic E-state index is 0.385. The van der Waals surface area contributed by atoms with E-state index in [0.29, 0.717) is 10.7 Å². The summed E-state index contributed by atoms with van der Waals surface area (Å²) in [6.45, 7) is 4.29. The first-order valence-corrected chi connectivity index (χ1v) is 5.08. The standard InChI is InChI=1S/C9H13BrN2/c1-3-8(10)7(2)9-11-5-4-6-12-9/h4-8H,3H2,1-2H3. The van der Waals surface area contributed by atoms with Crippen molar-refractivity contribution in [3.63, 3.8) is 0 Å². The Morgan fingerprint density at radius 1 is 1.42 bits per heavy atom. The molecule has 1 heterocycles. The van der Waals surface area contributed by atoms with Gasteiger partial charge in [0, 0.05) is 23.1 Å². The van der Waals surface area contributed by atoms with Crippen LogP contribution in [0.25, 0.3) is 0 Å². The van der Waals surface area contributed by atoms with Crippen molar-refractivity contribution in [1.29, 1.82) is 0 Å². The zero-order valence-corrected chi connectivity index (χ0v) is 8.95. The highest BCUT2D eigenvalue weighted by molar-refractivity contribution is 9.09. The summed E-state index contributed by atoms with van der Waals surface area (Å²) in [5.74, 6) is 1.30. The summed E-state index contributed by atoms with van der Waals surface area (Å²) in [7, 11) is 0. The lowest BCUT2D eigenvalue weighted by Crippen LogP contribution is -2.10. The van der Waals surface area contributed by atoms with Gasteiger partial charge in [-0.3, -0.25) is 0 Å². The Morgan fingerprint density at radius 3 is 2.50 bits per heavy atom. The number of rotatable bonds is 3. The molecule has 0 spiro atoms. The summed E-state index contributed by atoms with van der Waals surface area (Å²) in [6.07, 6.45) is 4.67. The van der Waals surface area contributed by atoms with Crippen LogP contribution in [0.1, 0.15) is 32.0 Å². The van der Waals surface area contributed by atoms with Crippen molar-refractivity contribution in [2.24, 2.45) is 0 Å². The largest absolute Gasteiger partial charge is 0.241 e. The van der Waals surface area contributed by atoms with E-state index in [1.807, 2.05) is 6.07 Å². The number of hydrogen-bond donors (Lipinski definition) is 0. The van der Waals surface area contributed by atoms with Gasteiger partial charge in [0.15, 0.2) is 0 Å². The fraction of sp³-hybridized carbons (Fsp3) is 0.556. The maximum absolute atomic E-state index is 4.21. The van der Waals surface area contributed by atoms with Crippen molar-refractivity contribution in [3.05, 3.63) is 24.3 Å². The van der Waals surface area contributed by atoms with Gasteiger partial charge in [0.25, 0.3) is 0 Å². The van der Waals surface area contributed by atoms with E-state index in [1.165, 1.54) is 0 Å². The lowest BCUT2D eigenvalue weighted by atomic mass is 10.1. The van der Waals surface area contributed by atoms with Crippen LogP contribution in [-0.2, 0) is 0 Å². The lowest BCUT2D eigenvalue weighted by molar-refractivity contribution is 0.651. The molecule has 12 heavy (non-hydrogen) atoms. The van der Waals surface area contributed by atoms with E-state index in [4.69, 9.17) is 0 Å². The monoisotopic (exact) mass is 228 g/mol. The molecule has 0 bridgehead atoms. The molecule has 66 valence electrons. The summed E-state index contributed by atoms with van der Waals surface area (Å²) >= 11 is 3.60. The Balaban J connectivity index is 2.71. The number of aromatic nitrogens is 2. The quantitative estimate of drug-likeness (QED) is 0.744. The highest BCUT2D eigenvalue weighted by Crippen LogP contribution is 2.23. The predicted molar refractivity (Wildman–Crippen MR) is 53.5 cm³/mol. The molecule has 0 radical (unpaired) electrons. The molecule has 0 N–H and O–H groups in total. The molecule has 0 aliphatic rings. The molecule has 0 aromatic carbocycles. The van der Waals surface area contributed by atoms with Gasteiger partial charge < -0.3 is 0 Å². The van der Waals surface area contributed by atoms with Crippen molar-refractivity contribution in [3.8, 4) is 0 Å². The molecule has 1 aromatic heterocycles. The predicted octanol–water partition coefficient (Wildman–Crippen LogP) is 2.75. The fourth-order valence-corrected chi connectivity index (χ4v) is 1.30. The molecule has 0 fully saturated rings. The zero-order chi connectivity index (χ0) is 8.97. The van der Waals surface area contributed by atoms with Gasteiger partial charge in [-0.2, -0.15) is 0 Å². The number of nitrogens with zero attached hydrogens (tertiary/aromatic N) is 2. The third kappa shape index (κ3) is 2.27. The summed E-state index contributed by atoms with van der Waals surface area (Å²) in [4.78, 5) is 8.89. The van der Waals surface area contributed by atoms with E-state index >= 15 is 0 Å². The second-order valence-corrected chi connectivity index (χ2v) is 4.00. The van der Waals surface area contributed by atoms with Crippen LogP contribution >= 0.6 is 15.9 Å². The average Bonchev–Trinajstić information content (AvgIpc) is 2.17. The smallest absolute Gasteiger partial charge is 0.132 e. The van der Waals surface area contributed by atoms with Crippen LogP contribution in [0.5, 0.6) is 0 Å². The van der Waals surface area contributed by atoms with E-state index in [1.54, 1.807) is 12.4 Å². The molecule has 2 unspecified atom stereocenters. The van der Waals surface area contributed by atoms with Gasteiger partial charge in [0.1, 0.15) is 5.82 Å². The molecule has 0 aliphatic carbocycles. The van der Waals surface area contributed by atoms with E-state index in [0.717, 1.165) is 12.2 Å². The van der Waals surface area contributed by atoms with Gasteiger partial charge in [0.05, 0.1) is 0 Å². The van der Waals surface area contributed by atoms with E-state index < -0.39 is 0 Å². The third-order valence-electron chi connectivity index (χ3n) is 1.93. The molecular weight excluding hydrogens is 216 g/mol. The van der Waals surface area contributed by atoms with Crippen molar-refractivity contribution in [2.75, 3.05) is 0 Å². The van der Waals surface area contributed by atoms with Gasteiger partial charge in [0.2, 0.25) is 0 Å². The molecule has 2 atom stereocenters. The second-order valence-electron chi connectivity index (χ2n) is 2.82. The minimum absolute atomic E-state index is 0.385. The topological polar surface area (TPSA) is 25.8 Å². The Bertz CT molecular complexity index is 225. The van der Waals surface area contributed by atoms with Crippen LogP contribution in [0.3, 0.4) is 0 Å². The number of hydrogen-bond acceptors (Lipinski definition) is 2. The molecule has 0 aliphatic heterocycles. The molecule has 3 heteroatoms. The highest BCUT2D eigenvalue weighted by atomic mass is 79.9. The summed E-state index contributed by atoms with van der Waals surface area (Å²) in [5, 5.41) is 0. The van der Waals surface area contributed by atoms with Gasteiger partial charge in [-0.1, -0.05) is 29.8 Å². The lowest BCUT2D eigenvalue weighted by Gasteiger charge is -2.14. The second kappa shape index (κ2) is 4.55. The van der Waals surface area contributed by atoms with Crippen LogP contribution < -0.4 is 0 Å². The highest BCUT2D eigenvalue weighted by Gasteiger charge is 2.15. The molecular formula is C9H13BrN2. The Hall–Kier alpha value is -0.440. The Morgan fingerprint density at radius 2 is 2.00 bits per heavy atom. The van der Waals surface area contributed by atoms with E-state index in [9.17, 15) is 0 Å². The van der Waals surface area contributed by atoms with E-state index in [2.05, 4.69) is 39.7 Å². The first kappa shape index (κ1) is 9.65. The number of halogens is 1. The van der Waals surface area contributed by atoms with E-state index in [-0.39, 0.29) is 0 Å². The van der Waals surface area contributed by atoms with Crippen molar-refractivity contribution in [1.82, 2.24) is 9.97 Å². The summed E-state index contributed by atoms with van der Waals surface area (Å²) in [5.41, 5.74) is 0. The van der Waals surface area contributed by atoms with Gasteiger partial charge >= 0.3 is 0 Å². The van der Waals surface area contributed by atoms with Crippen LogP contribution in [0.2, 0.25) is 0 Å². The first-order valence-electron chi connectivity index (χ1n) is 4.16. The van der Waals surface area contributed by atoms with Crippen molar-refractivity contribution in [2.45, 2.75) is 31.0 Å². The van der Waals surface area contributed by atoms with Gasteiger partial charge in [-0.05, 0) is 12.5 Å². The first-order chi connectivity index (χ1) is 5.75. The Labute approximate surface area is 81.6 Å². The fourth-order valence-electron chi connectivity index (χ4n) is 1.06. The molecule has 1 rings (SSSR count). The molecule has 0 amide bonds. The molecule has 0 saturated heterocycles. The van der Waals surface area contributed by atoms with Crippen LogP contribution in [-0.4, -0.2) is 14.8 Å². The Kier molecular flexibility index (Phi) is 3.66. The maximum Gasteiger partial charge on any atom is 0.132 e. The zero-order valence-electron chi connectivity index (χ0n) is 7.37. The van der Waals surface area contributed by atoms with Crippen LogP contribution in [0, 0.1) is 0 Å². The molecule has 2 nitrogen and oxygen atoms in total. The average molecular weight is 229 g/mol. The normalized spacial score (nSPS) is 15.6. The SMILES string of the molecule is CCC(Br)C(C)c1ncccn1. The third-order valence-corrected chi connectivity index (χ3v) is 3.37. The maximum atomic E-state index is 4.21.